The van der Waals surface area contributed by atoms with Crippen molar-refractivity contribution in [3.63, 3.8) is 0 Å². The van der Waals surface area contributed by atoms with Crippen LogP contribution < -0.4 is 0 Å². The van der Waals surface area contributed by atoms with Gasteiger partial charge in [-0.15, -0.1) is 0 Å². The van der Waals surface area contributed by atoms with Gasteiger partial charge in [-0.1, -0.05) is 52.5 Å². The number of hydrogen-bond donors (Lipinski definition) is 1. The third kappa shape index (κ3) is 2.63. The quantitative estimate of drug-likeness (QED) is 0.719. The molecular weight excluding hydrogens is 302 g/mol. The molecule has 0 aliphatic rings. The van der Waals surface area contributed by atoms with Gasteiger partial charge < -0.3 is 5.11 Å². The molecule has 0 aromatic heterocycles. The molecule has 0 atom stereocenters. The van der Waals surface area contributed by atoms with Crippen LogP contribution in [0.15, 0.2) is 30.3 Å². The van der Waals surface area contributed by atoms with Gasteiger partial charge in [-0.25, -0.2) is 0 Å². The summed E-state index contributed by atoms with van der Waals surface area (Å²) in [5, 5.41) is 10.9. The van der Waals surface area contributed by atoms with Gasteiger partial charge in [-0.2, -0.15) is 0 Å². The maximum absolute atomic E-state index is 9.41. The molecule has 5 heteroatoms. The van der Waals surface area contributed by atoms with Gasteiger partial charge in [-0.05, 0) is 23.8 Å². The predicted octanol–water partition coefficient (Wildman–Crippen LogP) is 5.67. The van der Waals surface area contributed by atoms with Gasteiger partial charge in [0.15, 0.2) is 0 Å². The molecule has 0 heterocycles. The highest BCUT2D eigenvalue weighted by atomic mass is 35.5. The lowest BCUT2D eigenvalue weighted by Gasteiger charge is -2.07. The normalized spacial score (nSPS) is 10.6. The third-order valence-corrected chi connectivity index (χ3v) is 3.62. The first-order valence-corrected chi connectivity index (χ1v) is 6.13. The van der Waals surface area contributed by atoms with Crippen LogP contribution in [0.1, 0.15) is 0 Å². The van der Waals surface area contributed by atoms with Crippen LogP contribution in [0.4, 0.5) is 0 Å². The lowest BCUT2D eigenvalue weighted by Crippen LogP contribution is -1.81. The Morgan fingerprint density at radius 1 is 0.706 bits per heavy atom. The zero-order chi connectivity index (χ0) is 12.6. The van der Waals surface area contributed by atoms with Gasteiger partial charge in [0, 0.05) is 11.6 Å². The van der Waals surface area contributed by atoms with Crippen molar-refractivity contribution in [2.75, 3.05) is 0 Å². The average Bonchev–Trinajstić information content (AvgIpc) is 2.27. The second-order valence-electron chi connectivity index (χ2n) is 3.41. The average molecular weight is 308 g/mol. The van der Waals surface area contributed by atoms with Gasteiger partial charge in [0.05, 0.1) is 20.1 Å². The highest BCUT2D eigenvalue weighted by molar-refractivity contribution is 6.42. The molecule has 0 bridgehead atoms. The molecule has 0 saturated heterocycles. The van der Waals surface area contributed by atoms with Crippen LogP contribution in [0.5, 0.6) is 5.75 Å². The minimum absolute atomic E-state index is 0.0551. The minimum Gasteiger partial charge on any atom is -0.506 e. The summed E-state index contributed by atoms with van der Waals surface area (Å²) in [6.07, 6.45) is 0. The van der Waals surface area contributed by atoms with Crippen LogP contribution in [-0.2, 0) is 0 Å². The van der Waals surface area contributed by atoms with Gasteiger partial charge in [0.2, 0.25) is 0 Å². The number of rotatable bonds is 1. The second-order valence-corrected chi connectivity index (χ2v) is 5.04. The fourth-order valence-electron chi connectivity index (χ4n) is 1.42. The molecule has 0 unspecified atom stereocenters. The van der Waals surface area contributed by atoms with Gasteiger partial charge in [-0.3, -0.25) is 0 Å². The maximum Gasteiger partial charge on any atom is 0.135 e. The highest BCUT2D eigenvalue weighted by Crippen LogP contribution is 2.37. The van der Waals surface area contributed by atoms with E-state index in [0.717, 1.165) is 5.56 Å². The van der Waals surface area contributed by atoms with Crippen LogP contribution in [0, 0.1) is 0 Å². The predicted molar refractivity (Wildman–Crippen MR) is 73.6 cm³/mol. The molecule has 0 saturated carbocycles. The van der Waals surface area contributed by atoms with Gasteiger partial charge in [0.25, 0.3) is 0 Å². The van der Waals surface area contributed by atoms with E-state index in [2.05, 4.69) is 0 Å². The smallest absolute Gasteiger partial charge is 0.135 e. The highest BCUT2D eigenvalue weighted by Gasteiger charge is 2.09. The second kappa shape index (κ2) is 4.95. The van der Waals surface area contributed by atoms with Crippen molar-refractivity contribution in [3.05, 3.63) is 50.4 Å². The van der Waals surface area contributed by atoms with Crippen molar-refractivity contribution in [2.45, 2.75) is 0 Å². The van der Waals surface area contributed by atoms with E-state index in [1.807, 2.05) is 0 Å². The van der Waals surface area contributed by atoms with Crippen LogP contribution in [-0.4, -0.2) is 5.11 Å². The molecule has 88 valence electrons. The van der Waals surface area contributed by atoms with Crippen LogP contribution in [0.2, 0.25) is 20.1 Å². The summed E-state index contributed by atoms with van der Waals surface area (Å²) in [6, 6.07) is 8.12. The topological polar surface area (TPSA) is 20.2 Å². The van der Waals surface area contributed by atoms with Crippen LogP contribution in [0.3, 0.4) is 0 Å². The Labute approximate surface area is 118 Å². The summed E-state index contributed by atoms with van der Waals surface area (Å²) in [5.74, 6) is -0.0551. The van der Waals surface area contributed by atoms with E-state index >= 15 is 0 Å². The lowest BCUT2D eigenvalue weighted by atomic mass is 10.1. The van der Waals surface area contributed by atoms with Crippen LogP contribution >= 0.6 is 46.4 Å². The Balaban J connectivity index is 2.60. The van der Waals surface area contributed by atoms with Gasteiger partial charge >= 0.3 is 0 Å². The van der Waals surface area contributed by atoms with E-state index in [1.165, 1.54) is 6.07 Å². The Morgan fingerprint density at radius 2 is 1.41 bits per heavy atom. The Hall–Kier alpha value is -0.600. The molecule has 17 heavy (non-hydrogen) atoms. The largest absolute Gasteiger partial charge is 0.506 e. The van der Waals surface area contributed by atoms with E-state index in [1.54, 1.807) is 24.3 Å². The Kier molecular flexibility index (Phi) is 3.74. The maximum atomic E-state index is 9.41. The number of halogens is 4. The van der Waals surface area contributed by atoms with Crippen molar-refractivity contribution >= 4 is 46.4 Å². The molecule has 1 N–H and O–H groups in total. The molecule has 2 rings (SSSR count). The molecular formula is C12H6Cl4O. The SMILES string of the molecule is Oc1cc(Cl)c(-c2ccc(Cl)c(Cl)c2)cc1Cl. The number of aromatic hydroxyl groups is 1. The van der Waals surface area contributed by atoms with E-state index in [4.69, 9.17) is 46.4 Å². The van der Waals surface area contributed by atoms with Crippen molar-refractivity contribution in [2.24, 2.45) is 0 Å². The van der Waals surface area contributed by atoms with Crippen molar-refractivity contribution in [3.8, 4) is 16.9 Å². The third-order valence-electron chi connectivity index (χ3n) is 2.27. The molecule has 2 aromatic rings. The summed E-state index contributed by atoms with van der Waals surface area (Å²) in [4.78, 5) is 0. The zero-order valence-corrected chi connectivity index (χ0v) is 11.4. The van der Waals surface area contributed by atoms with Crippen molar-refractivity contribution in [1.29, 1.82) is 0 Å². The number of benzene rings is 2. The lowest BCUT2D eigenvalue weighted by molar-refractivity contribution is 0.475. The standard InChI is InChI=1S/C12H6Cl4O/c13-8-2-1-6(3-10(8)15)7-4-11(16)12(17)5-9(7)14/h1-5,17H. The summed E-state index contributed by atoms with van der Waals surface area (Å²) in [7, 11) is 0. The van der Waals surface area contributed by atoms with Crippen LogP contribution in [0.25, 0.3) is 11.1 Å². The van der Waals surface area contributed by atoms with E-state index < -0.39 is 0 Å². The Bertz CT molecular complexity index is 581. The fraction of sp³-hybridized carbons (Fsp3) is 0. The summed E-state index contributed by atoms with van der Waals surface area (Å²) in [5.41, 5.74) is 1.47. The molecule has 0 aliphatic heterocycles. The molecule has 0 fully saturated rings. The molecule has 2 aromatic carbocycles. The number of phenols is 1. The zero-order valence-electron chi connectivity index (χ0n) is 8.35. The monoisotopic (exact) mass is 306 g/mol. The molecule has 1 nitrogen and oxygen atoms in total. The first-order chi connectivity index (χ1) is 7.99. The molecule has 0 aliphatic carbocycles. The minimum atomic E-state index is -0.0551. The summed E-state index contributed by atoms with van der Waals surface area (Å²) >= 11 is 23.6. The Morgan fingerprint density at radius 3 is 2.06 bits per heavy atom. The molecule has 0 amide bonds. The fourth-order valence-corrected chi connectivity index (χ4v) is 2.15. The summed E-state index contributed by atoms with van der Waals surface area (Å²) < 4.78 is 0. The number of phenolic OH excluding ortho intramolecular Hbond substituents is 1. The van der Waals surface area contributed by atoms with Crippen molar-refractivity contribution < 1.29 is 5.11 Å². The first kappa shape index (κ1) is 12.8. The molecule has 0 radical (unpaired) electrons. The van der Waals surface area contributed by atoms with Gasteiger partial charge in [0.1, 0.15) is 5.75 Å². The molecule has 0 spiro atoms. The van der Waals surface area contributed by atoms with Crippen molar-refractivity contribution in [1.82, 2.24) is 0 Å². The summed E-state index contributed by atoms with van der Waals surface area (Å²) in [6.45, 7) is 0. The number of hydrogen-bond acceptors (Lipinski definition) is 1. The van der Waals surface area contributed by atoms with E-state index in [9.17, 15) is 5.11 Å². The van der Waals surface area contributed by atoms with E-state index in [-0.39, 0.29) is 10.8 Å². The van der Waals surface area contributed by atoms with E-state index in [0.29, 0.717) is 20.6 Å². The first-order valence-electron chi connectivity index (χ1n) is 4.62.